The van der Waals surface area contributed by atoms with Crippen LogP contribution in [0.15, 0.2) is 41.1 Å². The van der Waals surface area contributed by atoms with Gasteiger partial charge in [0.05, 0.1) is 6.42 Å². The number of rotatable bonds is 8. The van der Waals surface area contributed by atoms with E-state index in [0.29, 0.717) is 6.54 Å². The van der Waals surface area contributed by atoms with Crippen molar-refractivity contribution in [2.24, 2.45) is 5.92 Å². The van der Waals surface area contributed by atoms with Crippen LogP contribution in [0.4, 0.5) is 5.69 Å². The minimum absolute atomic E-state index is 0.0451. The Morgan fingerprint density at radius 1 is 1.15 bits per heavy atom. The van der Waals surface area contributed by atoms with Crippen LogP contribution in [0.25, 0.3) is 0 Å². The van der Waals surface area contributed by atoms with E-state index in [2.05, 4.69) is 10.6 Å². The molecular formula is C19H20N2O4S. The number of ether oxygens (including phenoxy) is 1. The summed E-state index contributed by atoms with van der Waals surface area (Å²) in [6.07, 6.45) is 2.07. The van der Waals surface area contributed by atoms with Gasteiger partial charge in [0.1, 0.15) is 0 Å². The van der Waals surface area contributed by atoms with Gasteiger partial charge < -0.3 is 15.4 Å². The second-order valence-electron chi connectivity index (χ2n) is 6.21. The van der Waals surface area contributed by atoms with Crippen LogP contribution in [-0.4, -0.2) is 24.4 Å². The molecule has 2 N–H and O–H groups in total. The monoisotopic (exact) mass is 372 g/mol. The molecule has 0 unspecified atom stereocenters. The van der Waals surface area contributed by atoms with Gasteiger partial charge in [-0.05, 0) is 52.9 Å². The Morgan fingerprint density at radius 2 is 2.00 bits per heavy atom. The summed E-state index contributed by atoms with van der Waals surface area (Å²) in [4.78, 5) is 35.3. The Labute approximate surface area is 155 Å². The van der Waals surface area contributed by atoms with Crippen LogP contribution < -0.4 is 10.6 Å². The van der Waals surface area contributed by atoms with Crippen LogP contribution >= 0.6 is 11.3 Å². The summed E-state index contributed by atoms with van der Waals surface area (Å²) in [7, 11) is 0. The summed E-state index contributed by atoms with van der Waals surface area (Å²) in [5, 5.41) is 9.33. The van der Waals surface area contributed by atoms with Gasteiger partial charge in [0, 0.05) is 18.2 Å². The number of thiophene rings is 1. The fourth-order valence-corrected chi connectivity index (χ4v) is 3.03. The minimum atomic E-state index is -0.427. The fourth-order valence-electron chi connectivity index (χ4n) is 2.36. The molecule has 1 fully saturated rings. The lowest BCUT2D eigenvalue weighted by atomic mass is 10.2. The highest BCUT2D eigenvalue weighted by atomic mass is 32.1. The molecule has 1 saturated carbocycles. The molecule has 6 nitrogen and oxygen atoms in total. The maximum atomic E-state index is 11.8. The van der Waals surface area contributed by atoms with E-state index in [4.69, 9.17) is 4.74 Å². The molecule has 7 heteroatoms. The standard InChI is InChI=1S/C19H20N2O4S/c22-17(11-25-18(23)9-14-6-7-26-12-14)20-10-13-2-1-3-16(8-13)21-19(24)15-4-5-15/h1-3,6-8,12,15H,4-5,9-11H2,(H,20,22)(H,21,24). The molecule has 1 aromatic heterocycles. The zero-order valence-electron chi connectivity index (χ0n) is 14.2. The molecular weight excluding hydrogens is 352 g/mol. The third-order valence-electron chi connectivity index (χ3n) is 3.93. The molecule has 0 atom stereocenters. The zero-order valence-corrected chi connectivity index (χ0v) is 15.0. The number of carbonyl (C=O) groups excluding carboxylic acids is 3. The Hall–Kier alpha value is -2.67. The van der Waals surface area contributed by atoms with Crippen molar-refractivity contribution < 1.29 is 19.1 Å². The molecule has 3 rings (SSSR count). The van der Waals surface area contributed by atoms with Gasteiger partial charge in [-0.25, -0.2) is 0 Å². The summed E-state index contributed by atoms with van der Waals surface area (Å²) >= 11 is 1.51. The fraction of sp³-hybridized carbons (Fsp3) is 0.316. The number of amides is 2. The van der Waals surface area contributed by atoms with E-state index in [0.717, 1.165) is 29.7 Å². The Morgan fingerprint density at radius 3 is 2.73 bits per heavy atom. The molecule has 2 amide bonds. The van der Waals surface area contributed by atoms with Gasteiger partial charge in [0.25, 0.3) is 5.91 Å². The van der Waals surface area contributed by atoms with Crippen molar-refractivity contribution in [3.63, 3.8) is 0 Å². The molecule has 26 heavy (non-hydrogen) atoms. The molecule has 1 heterocycles. The predicted molar refractivity (Wildman–Crippen MR) is 98.6 cm³/mol. The molecule has 1 aromatic carbocycles. The summed E-state index contributed by atoms with van der Waals surface area (Å²) < 4.78 is 4.97. The number of anilines is 1. The highest BCUT2D eigenvalue weighted by molar-refractivity contribution is 7.08. The summed E-state index contributed by atoms with van der Waals surface area (Å²) in [6.45, 7) is -0.00483. The summed E-state index contributed by atoms with van der Waals surface area (Å²) in [6, 6.07) is 9.17. The van der Waals surface area contributed by atoms with Crippen molar-refractivity contribution in [2.45, 2.75) is 25.8 Å². The van der Waals surface area contributed by atoms with E-state index in [1.165, 1.54) is 11.3 Å². The lowest BCUT2D eigenvalue weighted by Crippen LogP contribution is -2.28. The first-order valence-electron chi connectivity index (χ1n) is 8.43. The maximum Gasteiger partial charge on any atom is 0.310 e. The topological polar surface area (TPSA) is 84.5 Å². The number of hydrogen-bond acceptors (Lipinski definition) is 5. The second kappa shape index (κ2) is 8.62. The molecule has 136 valence electrons. The Bertz CT molecular complexity index is 785. The molecule has 1 aliphatic rings. The van der Waals surface area contributed by atoms with Crippen LogP contribution in [0.3, 0.4) is 0 Å². The van der Waals surface area contributed by atoms with E-state index in [9.17, 15) is 14.4 Å². The van der Waals surface area contributed by atoms with Crippen molar-refractivity contribution in [3.8, 4) is 0 Å². The zero-order chi connectivity index (χ0) is 18.4. The van der Waals surface area contributed by atoms with Crippen molar-refractivity contribution in [1.82, 2.24) is 5.32 Å². The summed E-state index contributed by atoms with van der Waals surface area (Å²) in [5.74, 6) is -0.606. The van der Waals surface area contributed by atoms with Crippen LogP contribution in [0, 0.1) is 5.92 Å². The van der Waals surface area contributed by atoms with Gasteiger partial charge in [-0.3, -0.25) is 14.4 Å². The highest BCUT2D eigenvalue weighted by Gasteiger charge is 2.29. The molecule has 0 radical (unpaired) electrons. The smallest absolute Gasteiger partial charge is 0.310 e. The molecule has 0 spiro atoms. The first-order chi connectivity index (χ1) is 12.6. The normalized spacial score (nSPS) is 13.1. The molecule has 2 aromatic rings. The third kappa shape index (κ3) is 5.70. The van der Waals surface area contributed by atoms with Crippen LogP contribution in [-0.2, 0) is 32.1 Å². The maximum absolute atomic E-state index is 11.8. The number of nitrogens with one attached hydrogen (secondary N) is 2. The van der Waals surface area contributed by atoms with E-state index >= 15 is 0 Å². The Balaban J connectivity index is 1.39. The predicted octanol–water partition coefficient (Wildman–Crippen LogP) is 2.50. The molecule has 0 aliphatic heterocycles. The van der Waals surface area contributed by atoms with Gasteiger partial charge in [-0.15, -0.1) is 0 Å². The van der Waals surface area contributed by atoms with Crippen LogP contribution in [0.5, 0.6) is 0 Å². The first-order valence-corrected chi connectivity index (χ1v) is 9.37. The first kappa shape index (κ1) is 18.1. The molecule has 0 bridgehead atoms. The minimum Gasteiger partial charge on any atom is -0.455 e. The quantitative estimate of drug-likeness (QED) is 0.698. The van der Waals surface area contributed by atoms with E-state index in [-0.39, 0.29) is 30.8 Å². The van der Waals surface area contributed by atoms with Crippen LogP contribution in [0.2, 0.25) is 0 Å². The van der Waals surface area contributed by atoms with Crippen molar-refractivity contribution >= 4 is 34.8 Å². The van der Waals surface area contributed by atoms with E-state index in [1.54, 1.807) is 0 Å². The second-order valence-corrected chi connectivity index (χ2v) is 6.99. The van der Waals surface area contributed by atoms with Crippen molar-refractivity contribution in [3.05, 3.63) is 52.2 Å². The molecule has 1 aliphatic carbocycles. The average Bonchev–Trinajstić information content (AvgIpc) is 3.37. The summed E-state index contributed by atoms with van der Waals surface area (Å²) in [5.41, 5.74) is 2.46. The van der Waals surface area contributed by atoms with Gasteiger partial charge in [0.2, 0.25) is 5.91 Å². The Kier molecular flexibility index (Phi) is 6.01. The average molecular weight is 372 g/mol. The van der Waals surface area contributed by atoms with E-state index < -0.39 is 5.97 Å². The number of esters is 1. The number of carbonyl (C=O) groups is 3. The molecule has 0 saturated heterocycles. The van der Waals surface area contributed by atoms with E-state index in [1.807, 2.05) is 41.1 Å². The number of benzene rings is 1. The lowest BCUT2D eigenvalue weighted by molar-refractivity contribution is -0.147. The highest BCUT2D eigenvalue weighted by Crippen LogP contribution is 2.30. The largest absolute Gasteiger partial charge is 0.455 e. The van der Waals surface area contributed by atoms with Crippen LogP contribution in [0.1, 0.15) is 24.0 Å². The SMILES string of the molecule is O=C(COC(=O)Cc1ccsc1)NCc1cccc(NC(=O)C2CC2)c1. The van der Waals surface area contributed by atoms with Gasteiger partial charge in [-0.1, -0.05) is 12.1 Å². The van der Waals surface area contributed by atoms with Gasteiger partial charge in [0.15, 0.2) is 6.61 Å². The van der Waals surface area contributed by atoms with Gasteiger partial charge in [-0.2, -0.15) is 11.3 Å². The third-order valence-corrected chi connectivity index (χ3v) is 4.66. The van der Waals surface area contributed by atoms with Crippen molar-refractivity contribution in [2.75, 3.05) is 11.9 Å². The van der Waals surface area contributed by atoms with Crippen molar-refractivity contribution in [1.29, 1.82) is 0 Å². The van der Waals surface area contributed by atoms with Gasteiger partial charge >= 0.3 is 5.97 Å². The lowest BCUT2D eigenvalue weighted by Gasteiger charge is -2.09. The number of hydrogen-bond donors (Lipinski definition) is 2.